The summed E-state index contributed by atoms with van der Waals surface area (Å²) in [5.74, 6) is 0. The maximum absolute atomic E-state index is 12.4. The Kier molecular flexibility index (Phi) is 4.38. The van der Waals surface area contributed by atoms with Crippen LogP contribution in [0.15, 0.2) is 35.3 Å². The highest BCUT2D eigenvalue weighted by atomic mass is 16.5. The van der Waals surface area contributed by atoms with Gasteiger partial charge in [0.2, 0.25) is 0 Å². The topological polar surface area (TPSA) is 70.8 Å². The van der Waals surface area contributed by atoms with E-state index in [-0.39, 0.29) is 11.8 Å². The second kappa shape index (κ2) is 6.22. The summed E-state index contributed by atoms with van der Waals surface area (Å²) >= 11 is 0. The molecule has 20 heavy (non-hydrogen) atoms. The van der Waals surface area contributed by atoms with Crippen LogP contribution in [-0.4, -0.2) is 16.9 Å². The van der Waals surface area contributed by atoms with Gasteiger partial charge in [-0.25, -0.2) is 4.68 Å². The van der Waals surface area contributed by atoms with E-state index >= 15 is 0 Å². The van der Waals surface area contributed by atoms with E-state index in [0.717, 1.165) is 18.4 Å². The highest BCUT2D eigenvalue weighted by Crippen LogP contribution is 2.18. The Morgan fingerprint density at radius 2 is 2.10 bits per heavy atom. The molecule has 104 valence electrons. The normalized spacial score (nSPS) is 12.1. The molecule has 1 unspecified atom stereocenters. The second-order valence-corrected chi connectivity index (χ2v) is 4.53. The first-order chi connectivity index (χ1) is 9.71. The Hall–Kier alpha value is -2.32. The fourth-order valence-corrected chi connectivity index (χ4v) is 2.13. The number of aromatic amines is 1. The summed E-state index contributed by atoms with van der Waals surface area (Å²) in [6.07, 6.45) is 3.09. The van der Waals surface area contributed by atoms with Crippen LogP contribution in [0.2, 0.25) is 0 Å². The fourth-order valence-electron chi connectivity index (χ4n) is 2.13. The molecule has 0 spiro atoms. The summed E-state index contributed by atoms with van der Waals surface area (Å²) in [6, 6.07) is 9.00. The van der Waals surface area contributed by atoms with Gasteiger partial charge in [-0.1, -0.05) is 25.5 Å². The van der Waals surface area contributed by atoms with Crippen molar-refractivity contribution in [3.05, 3.63) is 46.4 Å². The number of H-pyrrole nitrogens is 1. The molecule has 0 saturated carbocycles. The molecule has 5 nitrogen and oxygen atoms in total. The molecule has 0 aliphatic rings. The van der Waals surface area contributed by atoms with Crippen molar-refractivity contribution in [1.82, 2.24) is 9.78 Å². The molecule has 0 radical (unpaired) electrons. The van der Waals surface area contributed by atoms with Gasteiger partial charge < -0.3 is 4.74 Å². The van der Waals surface area contributed by atoms with Gasteiger partial charge in [0.25, 0.3) is 5.56 Å². The second-order valence-electron chi connectivity index (χ2n) is 4.53. The predicted octanol–water partition coefficient (Wildman–Crippen LogP) is 2.66. The minimum atomic E-state index is -0.278. The van der Waals surface area contributed by atoms with Gasteiger partial charge in [0.05, 0.1) is 17.2 Å². The van der Waals surface area contributed by atoms with E-state index in [4.69, 9.17) is 10.00 Å². The lowest BCUT2D eigenvalue weighted by molar-refractivity contribution is 0.0239. The molecule has 0 bridgehead atoms. The lowest BCUT2D eigenvalue weighted by atomic mass is 10.1. The molecule has 1 aromatic heterocycles. The smallest absolute Gasteiger partial charge is 0.276 e. The molecular weight excluding hydrogens is 254 g/mol. The van der Waals surface area contributed by atoms with Crippen molar-refractivity contribution in [3.8, 4) is 17.2 Å². The summed E-state index contributed by atoms with van der Waals surface area (Å²) in [5.41, 5.74) is 1.82. The van der Waals surface area contributed by atoms with E-state index in [1.807, 2.05) is 6.92 Å². The number of ether oxygens (including phenoxy) is 1. The van der Waals surface area contributed by atoms with Crippen molar-refractivity contribution in [2.24, 2.45) is 0 Å². The van der Waals surface area contributed by atoms with Crippen LogP contribution in [0.3, 0.4) is 0 Å². The number of hydrogen-bond donors (Lipinski definition) is 1. The summed E-state index contributed by atoms with van der Waals surface area (Å²) in [4.78, 5) is 12.4. The first-order valence-corrected chi connectivity index (χ1v) is 6.54. The molecule has 5 heteroatoms. The first kappa shape index (κ1) is 14.1. The van der Waals surface area contributed by atoms with Crippen LogP contribution >= 0.6 is 0 Å². The highest BCUT2D eigenvalue weighted by molar-refractivity contribution is 5.62. The van der Waals surface area contributed by atoms with Crippen LogP contribution in [-0.2, 0) is 4.74 Å². The average molecular weight is 271 g/mol. The molecule has 0 aliphatic carbocycles. The average Bonchev–Trinajstić information content (AvgIpc) is 2.86. The van der Waals surface area contributed by atoms with Crippen molar-refractivity contribution in [2.45, 2.75) is 26.0 Å². The van der Waals surface area contributed by atoms with Crippen molar-refractivity contribution >= 4 is 0 Å². The Morgan fingerprint density at radius 1 is 1.40 bits per heavy atom. The number of methoxy groups -OCH3 is 1. The fraction of sp³-hybridized carbons (Fsp3) is 0.333. The minimum absolute atomic E-state index is 0.116. The minimum Gasteiger partial charge on any atom is -0.360 e. The highest BCUT2D eigenvalue weighted by Gasteiger charge is 2.15. The quantitative estimate of drug-likeness (QED) is 0.908. The molecule has 1 aromatic carbocycles. The molecule has 0 saturated heterocycles. The number of benzene rings is 1. The van der Waals surface area contributed by atoms with E-state index in [2.05, 4.69) is 11.2 Å². The van der Waals surface area contributed by atoms with Gasteiger partial charge >= 0.3 is 0 Å². The number of nitrogens with zero attached hydrogens (tertiary/aromatic N) is 2. The Morgan fingerprint density at radius 3 is 2.65 bits per heavy atom. The maximum atomic E-state index is 12.4. The zero-order valence-electron chi connectivity index (χ0n) is 11.6. The Labute approximate surface area is 117 Å². The van der Waals surface area contributed by atoms with Crippen molar-refractivity contribution in [1.29, 1.82) is 5.26 Å². The summed E-state index contributed by atoms with van der Waals surface area (Å²) < 4.78 is 6.83. The number of rotatable bonds is 5. The van der Waals surface area contributed by atoms with Crippen LogP contribution in [0, 0.1) is 11.3 Å². The van der Waals surface area contributed by atoms with E-state index in [9.17, 15) is 4.79 Å². The first-order valence-electron chi connectivity index (χ1n) is 6.54. The molecule has 0 fully saturated rings. The molecule has 2 rings (SSSR count). The van der Waals surface area contributed by atoms with Crippen molar-refractivity contribution < 1.29 is 4.74 Å². The largest absolute Gasteiger partial charge is 0.360 e. The van der Waals surface area contributed by atoms with Gasteiger partial charge in [-0.05, 0) is 24.1 Å². The summed E-state index contributed by atoms with van der Waals surface area (Å²) in [5, 5.41) is 11.7. The lowest BCUT2D eigenvalue weighted by Gasteiger charge is -2.14. The lowest BCUT2D eigenvalue weighted by Crippen LogP contribution is -2.24. The molecule has 2 aromatic rings. The molecule has 0 aliphatic heterocycles. The molecule has 1 atom stereocenters. The van der Waals surface area contributed by atoms with Gasteiger partial charge in [-0.15, -0.1) is 0 Å². The monoisotopic (exact) mass is 271 g/mol. The van der Waals surface area contributed by atoms with E-state index in [0.29, 0.717) is 11.1 Å². The van der Waals surface area contributed by atoms with Gasteiger partial charge in [0.15, 0.2) is 6.23 Å². The van der Waals surface area contributed by atoms with Crippen molar-refractivity contribution in [3.63, 3.8) is 0 Å². The number of nitrogens with one attached hydrogen (secondary N) is 1. The van der Waals surface area contributed by atoms with E-state index < -0.39 is 0 Å². The third kappa shape index (κ3) is 2.65. The molecular formula is C15H17N3O2. The zero-order chi connectivity index (χ0) is 14.5. The van der Waals surface area contributed by atoms with Crippen molar-refractivity contribution in [2.75, 3.05) is 7.11 Å². The van der Waals surface area contributed by atoms with Crippen LogP contribution in [0.4, 0.5) is 0 Å². The third-order valence-corrected chi connectivity index (χ3v) is 3.22. The van der Waals surface area contributed by atoms with Crippen LogP contribution in [0.25, 0.3) is 11.1 Å². The van der Waals surface area contributed by atoms with Gasteiger partial charge in [-0.3, -0.25) is 9.89 Å². The summed E-state index contributed by atoms with van der Waals surface area (Å²) in [7, 11) is 1.59. The number of nitriles is 1. The van der Waals surface area contributed by atoms with Crippen LogP contribution in [0.1, 0.15) is 31.6 Å². The predicted molar refractivity (Wildman–Crippen MR) is 76.2 cm³/mol. The van der Waals surface area contributed by atoms with Crippen LogP contribution in [0.5, 0.6) is 0 Å². The van der Waals surface area contributed by atoms with Gasteiger partial charge in [-0.2, -0.15) is 5.26 Å². The van der Waals surface area contributed by atoms with E-state index in [1.54, 1.807) is 37.6 Å². The Bertz CT molecular complexity index is 662. The van der Waals surface area contributed by atoms with Gasteiger partial charge in [0, 0.05) is 13.3 Å². The van der Waals surface area contributed by atoms with Crippen LogP contribution < -0.4 is 5.56 Å². The molecule has 1 N–H and O–H groups in total. The van der Waals surface area contributed by atoms with E-state index in [1.165, 1.54) is 4.68 Å². The Balaban J connectivity index is 2.37. The van der Waals surface area contributed by atoms with Gasteiger partial charge in [0.1, 0.15) is 0 Å². The third-order valence-electron chi connectivity index (χ3n) is 3.22. The zero-order valence-corrected chi connectivity index (χ0v) is 11.6. The number of aromatic nitrogens is 2. The number of hydrogen-bond acceptors (Lipinski definition) is 3. The SMILES string of the molecule is CCCC(OC)n1[nH]cc(-c2ccc(C#N)cc2)c1=O. The molecule has 0 amide bonds. The molecule has 1 heterocycles. The maximum Gasteiger partial charge on any atom is 0.276 e. The standard InChI is InChI=1S/C15H17N3O2/c1-3-4-14(20-2)18-15(19)13(10-17-18)12-7-5-11(9-16)6-8-12/h5-8,10,14,17H,3-4H2,1-2H3. The summed E-state index contributed by atoms with van der Waals surface area (Å²) in [6.45, 7) is 2.04.